The van der Waals surface area contributed by atoms with Crippen LogP contribution in [0.4, 0.5) is 10.5 Å². The predicted molar refractivity (Wildman–Crippen MR) is 122 cm³/mol. The Morgan fingerprint density at radius 2 is 1.74 bits per heavy atom. The first-order valence-electron chi connectivity index (χ1n) is 11.3. The second-order valence-corrected chi connectivity index (χ2v) is 8.30. The number of amides is 3. The second kappa shape index (κ2) is 9.86. The van der Waals surface area contributed by atoms with Gasteiger partial charge in [-0.3, -0.25) is 4.79 Å². The Morgan fingerprint density at radius 3 is 2.48 bits per heavy atom. The Morgan fingerprint density at radius 1 is 1.00 bits per heavy atom. The van der Waals surface area contributed by atoms with Crippen molar-refractivity contribution < 1.29 is 14.3 Å². The average Bonchev–Trinajstić information content (AvgIpc) is 3.35. The molecular formula is C25H31N3O3. The van der Waals surface area contributed by atoms with Gasteiger partial charge in [0, 0.05) is 43.3 Å². The number of ether oxygens (including phenoxy) is 1. The molecule has 1 atom stereocenters. The van der Waals surface area contributed by atoms with Crippen molar-refractivity contribution in [2.45, 2.75) is 38.5 Å². The molecule has 2 heterocycles. The van der Waals surface area contributed by atoms with Gasteiger partial charge in [0.25, 0.3) is 5.91 Å². The van der Waals surface area contributed by atoms with Crippen molar-refractivity contribution in [2.75, 3.05) is 38.1 Å². The lowest BCUT2D eigenvalue weighted by molar-refractivity contribution is 0.0792. The molecule has 0 radical (unpaired) electrons. The van der Waals surface area contributed by atoms with Gasteiger partial charge >= 0.3 is 6.03 Å². The molecule has 2 aliphatic heterocycles. The van der Waals surface area contributed by atoms with Gasteiger partial charge in [-0.25, -0.2) is 4.79 Å². The minimum absolute atomic E-state index is 0.0850. The zero-order chi connectivity index (χ0) is 21.6. The maximum absolute atomic E-state index is 12.8. The number of likely N-dealkylation sites (tertiary alicyclic amines) is 2. The first-order valence-corrected chi connectivity index (χ1v) is 11.3. The standard InChI is InChI=1S/C25H31N3O3/c1-2-31-23-12-10-22(11-13-23)26-25(30)28-16-6-9-21(18-28)19-7-5-8-20(17-19)24(29)27-14-3-4-15-27/h5,7-8,10-13,17,21H,2-4,6,9,14-16,18H2,1H3,(H,26,30). The van der Waals surface area contributed by atoms with Crippen molar-refractivity contribution >= 4 is 17.6 Å². The number of hydrogen-bond acceptors (Lipinski definition) is 3. The van der Waals surface area contributed by atoms with E-state index in [2.05, 4.69) is 11.4 Å². The van der Waals surface area contributed by atoms with E-state index in [1.807, 2.05) is 59.2 Å². The summed E-state index contributed by atoms with van der Waals surface area (Å²) in [6.07, 6.45) is 4.15. The van der Waals surface area contributed by atoms with Crippen molar-refractivity contribution in [3.63, 3.8) is 0 Å². The molecule has 0 aliphatic carbocycles. The molecular weight excluding hydrogens is 390 g/mol. The molecule has 0 bridgehead atoms. The lowest BCUT2D eigenvalue weighted by Gasteiger charge is -2.33. The Bertz CT molecular complexity index is 906. The predicted octanol–water partition coefficient (Wildman–Crippen LogP) is 4.73. The zero-order valence-corrected chi connectivity index (χ0v) is 18.2. The van der Waals surface area contributed by atoms with Gasteiger partial charge in [0.2, 0.25) is 0 Å². The van der Waals surface area contributed by atoms with Crippen molar-refractivity contribution in [3.8, 4) is 5.75 Å². The molecule has 3 amide bonds. The number of carbonyl (C=O) groups is 2. The van der Waals surface area contributed by atoms with Crippen molar-refractivity contribution in [1.29, 1.82) is 0 Å². The summed E-state index contributed by atoms with van der Waals surface area (Å²) < 4.78 is 5.45. The number of hydrogen-bond donors (Lipinski definition) is 1. The summed E-state index contributed by atoms with van der Waals surface area (Å²) in [4.78, 5) is 29.4. The molecule has 4 rings (SSSR count). The monoisotopic (exact) mass is 421 g/mol. The number of urea groups is 1. The van der Waals surface area contributed by atoms with Crippen molar-refractivity contribution in [1.82, 2.24) is 9.80 Å². The minimum Gasteiger partial charge on any atom is -0.494 e. The maximum Gasteiger partial charge on any atom is 0.321 e. The Balaban J connectivity index is 1.39. The van der Waals surface area contributed by atoms with Crippen LogP contribution in [0.5, 0.6) is 5.75 Å². The van der Waals surface area contributed by atoms with E-state index in [-0.39, 0.29) is 17.9 Å². The van der Waals surface area contributed by atoms with E-state index in [4.69, 9.17) is 4.74 Å². The van der Waals surface area contributed by atoms with Gasteiger partial charge < -0.3 is 19.9 Å². The summed E-state index contributed by atoms with van der Waals surface area (Å²) in [5, 5.41) is 2.99. The highest BCUT2D eigenvalue weighted by Crippen LogP contribution is 2.28. The van der Waals surface area contributed by atoms with Crippen LogP contribution < -0.4 is 10.1 Å². The van der Waals surface area contributed by atoms with E-state index in [0.29, 0.717) is 13.2 Å². The van der Waals surface area contributed by atoms with E-state index in [9.17, 15) is 9.59 Å². The van der Waals surface area contributed by atoms with E-state index in [0.717, 1.165) is 67.9 Å². The summed E-state index contributed by atoms with van der Waals surface area (Å²) >= 11 is 0. The number of nitrogens with zero attached hydrogens (tertiary/aromatic N) is 2. The maximum atomic E-state index is 12.8. The second-order valence-electron chi connectivity index (χ2n) is 8.30. The molecule has 2 saturated heterocycles. The van der Waals surface area contributed by atoms with Gasteiger partial charge in [0.1, 0.15) is 5.75 Å². The van der Waals surface area contributed by atoms with Gasteiger partial charge in [-0.2, -0.15) is 0 Å². The number of benzene rings is 2. The zero-order valence-electron chi connectivity index (χ0n) is 18.2. The van der Waals surface area contributed by atoms with Crippen LogP contribution in [0, 0.1) is 0 Å². The summed E-state index contributed by atoms with van der Waals surface area (Å²) in [5.74, 6) is 1.16. The molecule has 2 aromatic carbocycles. The van der Waals surface area contributed by atoms with E-state index >= 15 is 0 Å². The average molecular weight is 422 g/mol. The fraction of sp³-hybridized carbons (Fsp3) is 0.440. The number of carbonyl (C=O) groups excluding carboxylic acids is 2. The molecule has 1 N–H and O–H groups in total. The summed E-state index contributed by atoms with van der Waals surface area (Å²) in [7, 11) is 0. The molecule has 6 heteroatoms. The molecule has 2 fully saturated rings. The molecule has 6 nitrogen and oxygen atoms in total. The van der Waals surface area contributed by atoms with Gasteiger partial charge in [-0.15, -0.1) is 0 Å². The summed E-state index contributed by atoms with van der Waals surface area (Å²) in [5.41, 5.74) is 2.66. The van der Waals surface area contributed by atoms with Crippen LogP contribution in [0.25, 0.3) is 0 Å². The SMILES string of the molecule is CCOc1ccc(NC(=O)N2CCCC(c3cccc(C(=O)N4CCCC4)c3)C2)cc1. The Labute approximate surface area is 184 Å². The lowest BCUT2D eigenvalue weighted by Crippen LogP contribution is -2.41. The van der Waals surface area contributed by atoms with E-state index in [1.165, 1.54) is 0 Å². The fourth-order valence-corrected chi connectivity index (χ4v) is 4.47. The van der Waals surface area contributed by atoms with Crippen LogP contribution >= 0.6 is 0 Å². The molecule has 0 aromatic heterocycles. The largest absolute Gasteiger partial charge is 0.494 e. The first-order chi connectivity index (χ1) is 15.1. The number of rotatable bonds is 5. The summed E-state index contributed by atoms with van der Waals surface area (Å²) in [6.45, 7) is 5.67. The summed E-state index contributed by atoms with van der Waals surface area (Å²) in [6, 6.07) is 15.3. The number of anilines is 1. The van der Waals surface area contributed by atoms with Gasteiger partial charge in [-0.1, -0.05) is 12.1 Å². The van der Waals surface area contributed by atoms with Crippen LogP contribution in [0.15, 0.2) is 48.5 Å². The topological polar surface area (TPSA) is 61.9 Å². The molecule has 31 heavy (non-hydrogen) atoms. The Hall–Kier alpha value is -3.02. The van der Waals surface area contributed by atoms with Gasteiger partial charge in [0.15, 0.2) is 0 Å². The van der Waals surface area contributed by atoms with E-state index in [1.54, 1.807) is 0 Å². The molecule has 2 aliphatic rings. The molecule has 164 valence electrons. The fourth-order valence-electron chi connectivity index (χ4n) is 4.47. The van der Waals surface area contributed by atoms with Crippen LogP contribution in [0.3, 0.4) is 0 Å². The molecule has 0 saturated carbocycles. The third-order valence-corrected chi connectivity index (χ3v) is 6.12. The lowest BCUT2D eigenvalue weighted by atomic mass is 9.89. The van der Waals surface area contributed by atoms with Crippen molar-refractivity contribution in [2.24, 2.45) is 0 Å². The first kappa shape index (κ1) is 21.2. The van der Waals surface area contributed by atoms with E-state index < -0.39 is 0 Å². The molecule has 2 aromatic rings. The van der Waals surface area contributed by atoms with Crippen LogP contribution in [-0.4, -0.2) is 54.5 Å². The molecule has 0 spiro atoms. The van der Waals surface area contributed by atoms with Gasteiger partial charge in [-0.05, 0) is 74.6 Å². The smallest absolute Gasteiger partial charge is 0.321 e. The highest BCUT2D eigenvalue weighted by molar-refractivity contribution is 5.94. The molecule has 1 unspecified atom stereocenters. The van der Waals surface area contributed by atoms with Gasteiger partial charge in [0.05, 0.1) is 6.61 Å². The number of nitrogens with one attached hydrogen (secondary N) is 1. The Kier molecular flexibility index (Phi) is 6.75. The highest BCUT2D eigenvalue weighted by atomic mass is 16.5. The third-order valence-electron chi connectivity index (χ3n) is 6.12. The van der Waals surface area contributed by atoms with Crippen LogP contribution in [-0.2, 0) is 0 Å². The number of piperidine rings is 1. The van der Waals surface area contributed by atoms with Crippen molar-refractivity contribution in [3.05, 3.63) is 59.7 Å². The van der Waals surface area contributed by atoms with Crippen LogP contribution in [0.1, 0.15) is 54.4 Å². The highest BCUT2D eigenvalue weighted by Gasteiger charge is 2.26. The normalized spacial score (nSPS) is 18.7. The minimum atomic E-state index is -0.0850. The van der Waals surface area contributed by atoms with Crippen LogP contribution in [0.2, 0.25) is 0 Å². The quantitative estimate of drug-likeness (QED) is 0.759. The third kappa shape index (κ3) is 5.19.